The Hall–Kier alpha value is -2.66. The van der Waals surface area contributed by atoms with Crippen molar-refractivity contribution in [1.82, 2.24) is 0 Å². The van der Waals surface area contributed by atoms with Crippen LogP contribution in [-0.2, 0) is 24.0 Å². The fourth-order valence-corrected chi connectivity index (χ4v) is 3.70. The van der Waals surface area contributed by atoms with Crippen LogP contribution in [0, 0.1) is 6.92 Å². The summed E-state index contributed by atoms with van der Waals surface area (Å²) in [5.74, 6) is -1.32. The van der Waals surface area contributed by atoms with Crippen molar-refractivity contribution in [3.8, 4) is 11.5 Å². The first kappa shape index (κ1) is 25.6. The molecule has 0 unspecified atom stereocenters. The van der Waals surface area contributed by atoms with Gasteiger partial charge in [0.2, 0.25) is 0 Å². The SMILES string of the molecule is Cc1ccc(S(=O)(=O)CCOCCOCCOCCOc2ccc(C(=O)O)c(O)c2)cc1. The van der Waals surface area contributed by atoms with Crippen LogP contribution in [0.15, 0.2) is 47.4 Å². The van der Waals surface area contributed by atoms with Crippen molar-refractivity contribution in [3.05, 3.63) is 53.6 Å². The molecule has 0 aliphatic heterocycles. The van der Waals surface area contributed by atoms with E-state index in [2.05, 4.69) is 0 Å². The Labute approximate surface area is 187 Å². The molecule has 0 aliphatic rings. The fourth-order valence-electron chi connectivity index (χ4n) is 2.57. The second-order valence-electron chi connectivity index (χ2n) is 6.80. The molecule has 0 amide bonds. The molecule has 0 aromatic heterocycles. The van der Waals surface area contributed by atoms with Gasteiger partial charge in [0.15, 0.2) is 9.84 Å². The Morgan fingerprint density at radius 3 is 1.97 bits per heavy atom. The summed E-state index contributed by atoms with van der Waals surface area (Å²) in [6.45, 7) is 3.80. The summed E-state index contributed by atoms with van der Waals surface area (Å²) in [5.41, 5.74) is 0.809. The lowest BCUT2D eigenvalue weighted by atomic mass is 10.2. The third-order valence-electron chi connectivity index (χ3n) is 4.32. The number of carbonyl (C=O) groups is 1. The van der Waals surface area contributed by atoms with Crippen molar-refractivity contribution in [2.24, 2.45) is 0 Å². The topological polar surface area (TPSA) is 129 Å². The second kappa shape index (κ2) is 13.0. The maximum Gasteiger partial charge on any atom is 0.339 e. The highest BCUT2D eigenvalue weighted by Gasteiger charge is 2.13. The van der Waals surface area contributed by atoms with Crippen LogP contribution in [0.25, 0.3) is 0 Å². The van der Waals surface area contributed by atoms with Gasteiger partial charge in [0.05, 0.1) is 50.3 Å². The van der Waals surface area contributed by atoms with Crippen molar-refractivity contribution in [3.63, 3.8) is 0 Å². The standard InChI is InChI=1S/C22H28O9S/c1-17-2-5-19(6-3-17)32(26,27)15-14-30-11-10-28-8-9-29-12-13-31-18-4-7-20(22(24)25)21(23)16-18/h2-7,16,23H,8-15H2,1H3,(H,24,25). The number of carboxylic acids is 1. The van der Waals surface area contributed by atoms with Gasteiger partial charge in [-0.1, -0.05) is 17.7 Å². The molecule has 0 atom stereocenters. The summed E-state index contributed by atoms with van der Waals surface area (Å²) in [4.78, 5) is 11.1. The number of phenols is 1. The molecule has 2 rings (SSSR count). The molecular weight excluding hydrogens is 440 g/mol. The van der Waals surface area contributed by atoms with E-state index in [0.717, 1.165) is 5.56 Å². The van der Waals surface area contributed by atoms with E-state index >= 15 is 0 Å². The lowest BCUT2D eigenvalue weighted by molar-refractivity contribution is 0.0116. The van der Waals surface area contributed by atoms with Crippen LogP contribution < -0.4 is 4.74 Å². The van der Waals surface area contributed by atoms with Gasteiger partial charge in [0.25, 0.3) is 0 Å². The van der Waals surface area contributed by atoms with E-state index in [9.17, 15) is 18.3 Å². The van der Waals surface area contributed by atoms with Crippen LogP contribution in [0.4, 0.5) is 0 Å². The van der Waals surface area contributed by atoms with Gasteiger partial charge in [-0.05, 0) is 31.2 Å². The molecule has 2 aromatic rings. The monoisotopic (exact) mass is 468 g/mol. The summed E-state index contributed by atoms with van der Waals surface area (Å²) in [6.07, 6.45) is 0. The molecule has 0 heterocycles. The van der Waals surface area contributed by atoms with E-state index in [1.54, 1.807) is 24.3 Å². The molecule has 9 nitrogen and oxygen atoms in total. The Kier molecular flexibility index (Phi) is 10.4. The maximum atomic E-state index is 12.2. The minimum Gasteiger partial charge on any atom is -0.507 e. The minimum absolute atomic E-state index is 0.0873. The highest BCUT2D eigenvalue weighted by atomic mass is 32.2. The second-order valence-corrected chi connectivity index (χ2v) is 8.91. The number of carboxylic acid groups (broad SMARTS) is 1. The number of ether oxygens (including phenoxy) is 4. The van der Waals surface area contributed by atoms with Crippen molar-refractivity contribution in [2.75, 3.05) is 52.0 Å². The highest BCUT2D eigenvalue weighted by Crippen LogP contribution is 2.23. The molecule has 0 spiro atoms. The van der Waals surface area contributed by atoms with E-state index in [1.165, 1.54) is 18.2 Å². The van der Waals surface area contributed by atoms with Crippen molar-refractivity contribution >= 4 is 15.8 Å². The van der Waals surface area contributed by atoms with Crippen LogP contribution >= 0.6 is 0 Å². The third kappa shape index (κ3) is 8.83. The largest absolute Gasteiger partial charge is 0.507 e. The van der Waals surface area contributed by atoms with Crippen molar-refractivity contribution in [1.29, 1.82) is 0 Å². The van der Waals surface area contributed by atoms with E-state index in [1.807, 2.05) is 6.92 Å². The van der Waals surface area contributed by atoms with Gasteiger partial charge >= 0.3 is 5.97 Å². The lowest BCUT2D eigenvalue weighted by Crippen LogP contribution is -2.16. The first-order valence-electron chi connectivity index (χ1n) is 10.0. The molecular formula is C22H28O9S. The molecule has 0 radical (unpaired) electrons. The van der Waals surface area contributed by atoms with Gasteiger partial charge in [-0.15, -0.1) is 0 Å². The summed E-state index contributed by atoms with van der Waals surface area (Å²) in [7, 11) is -3.35. The maximum absolute atomic E-state index is 12.2. The molecule has 176 valence electrons. The normalized spacial score (nSPS) is 11.4. The van der Waals surface area contributed by atoms with Gasteiger partial charge in [0.1, 0.15) is 23.7 Å². The number of hydrogen-bond donors (Lipinski definition) is 2. The molecule has 0 saturated heterocycles. The van der Waals surface area contributed by atoms with E-state index in [4.69, 9.17) is 24.1 Å². The van der Waals surface area contributed by atoms with Crippen LogP contribution in [0.3, 0.4) is 0 Å². The average Bonchev–Trinajstić information content (AvgIpc) is 2.74. The van der Waals surface area contributed by atoms with E-state index in [0.29, 0.717) is 25.6 Å². The number of aromatic hydroxyl groups is 1. The number of benzene rings is 2. The van der Waals surface area contributed by atoms with E-state index < -0.39 is 15.8 Å². The van der Waals surface area contributed by atoms with Gasteiger partial charge in [-0.25, -0.2) is 13.2 Å². The quantitative estimate of drug-likeness (QED) is 0.378. The molecule has 0 saturated carbocycles. The number of rotatable bonds is 15. The Balaban J connectivity index is 1.46. The van der Waals surface area contributed by atoms with Gasteiger partial charge < -0.3 is 29.2 Å². The zero-order chi connectivity index (χ0) is 23.4. The molecule has 2 N–H and O–H groups in total. The summed E-state index contributed by atoms with van der Waals surface area (Å²) in [6, 6.07) is 10.7. The first-order valence-corrected chi connectivity index (χ1v) is 11.7. The van der Waals surface area contributed by atoms with Gasteiger partial charge in [-0.3, -0.25) is 0 Å². The van der Waals surface area contributed by atoms with Crippen LogP contribution in [0.5, 0.6) is 11.5 Å². The number of hydrogen-bond acceptors (Lipinski definition) is 8. The van der Waals surface area contributed by atoms with Crippen LogP contribution in [0.2, 0.25) is 0 Å². The first-order chi connectivity index (χ1) is 15.3. The molecule has 0 aliphatic carbocycles. The molecule has 2 aromatic carbocycles. The van der Waals surface area contributed by atoms with E-state index in [-0.39, 0.29) is 48.4 Å². The predicted molar refractivity (Wildman–Crippen MR) is 116 cm³/mol. The predicted octanol–water partition coefficient (Wildman–Crippen LogP) is 2.30. The minimum atomic E-state index is -3.35. The average molecular weight is 469 g/mol. The smallest absolute Gasteiger partial charge is 0.339 e. The zero-order valence-corrected chi connectivity index (χ0v) is 18.7. The fraction of sp³-hybridized carbons (Fsp3) is 0.409. The number of aryl methyl sites for hydroxylation is 1. The Morgan fingerprint density at radius 2 is 1.41 bits per heavy atom. The summed E-state index contributed by atoms with van der Waals surface area (Å²) < 4.78 is 45.7. The molecule has 10 heteroatoms. The number of aromatic carboxylic acids is 1. The molecule has 0 fully saturated rings. The Bertz CT molecular complexity index is 956. The summed E-state index contributed by atoms with van der Waals surface area (Å²) >= 11 is 0. The van der Waals surface area contributed by atoms with Crippen LogP contribution in [-0.4, -0.2) is 76.6 Å². The van der Waals surface area contributed by atoms with Crippen molar-refractivity contribution in [2.45, 2.75) is 11.8 Å². The zero-order valence-electron chi connectivity index (χ0n) is 17.9. The summed E-state index contributed by atoms with van der Waals surface area (Å²) in [5, 5.41) is 18.4. The Morgan fingerprint density at radius 1 is 0.844 bits per heavy atom. The van der Waals surface area contributed by atoms with Gasteiger partial charge in [-0.2, -0.15) is 0 Å². The molecule has 0 bridgehead atoms. The van der Waals surface area contributed by atoms with Crippen LogP contribution in [0.1, 0.15) is 15.9 Å². The highest BCUT2D eigenvalue weighted by molar-refractivity contribution is 7.91. The van der Waals surface area contributed by atoms with Gasteiger partial charge in [0, 0.05) is 6.07 Å². The lowest BCUT2D eigenvalue weighted by Gasteiger charge is -2.09. The number of sulfone groups is 1. The molecule has 32 heavy (non-hydrogen) atoms. The third-order valence-corrected chi connectivity index (χ3v) is 6.01. The van der Waals surface area contributed by atoms with Crippen molar-refractivity contribution < 1.29 is 42.4 Å².